The van der Waals surface area contributed by atoms with E-state index in [0.29, 0.717) is 17.3 Å². The zero-order chi connectivity index (χ0) is 27.8. The van der Waals surface area contributed by atoms with Crippen LogP contribution in [0, 0.1) is 5.92 Å². The Hall–Kier alpha value is -3.39. The molecule has 1 aromatic carbocycles. The number of piperazine rings is 1. The number of hydrogen-bond acceptors (Lipinski definition) is 7. The second kappa shape index (κ2) is 12.7. The number of pyridine rings is 1. The molecule has 3 rings (SSSR count). The van der Waals surface area contributed by atoms with Gasteiger partial charge in [-0.2, -0.15) is 13.2 Å². The van der Waals surface area contributed by atoms with Crippen LogP contribution in [0.5, 0.6) is 0 Å². The fourth-order valence-corrected chi connectivity index (χ4v) is 4.47. The Labute approximate surface area is 213 Å². The summed E-state index contributed by atoms with van der Waals surface area (Å²) in [5.74, 6) is -2.02. The number of carboxylic acid groups (broad SMARTS) is 1. The number of carboxylic acids is 1. The normalized spacial score (nSPS) is 14.0. The highest BCUT2D eigenvalue weighted by Crippen LogP contribution is 2.24. The molecule has 1 aliphatic rings. The Kier molecular flexibility index (Phi) is 10.3. The van der Waals surface area contributed by atoms with Crippen LogP contribution in [0.25, 0.3) is 0 Å². The Balaban J connectivity index is 0.000000604. The van der Waals surface area contributed by atoms with Crippen molar-refractivity contribution in [2.45, 2.75) is 31.3 Å². The molecular formula is C23H30F3N5O5S. The van der Waals surface area contributed by atoms with Crippen LogP contribution < -0.4 is 20.3 Å². The van der Waals surface area contributed by atoms with Crippen LogP contribution in [0.3, 0.4) is 0 Å². The van der Waals surface area contributed by atoms with E-state index in [1.54, 1.807) is 19.2 Å². The van der Waals surface area contributed by atoms with Gasteiger partial charge in [0.25, 0.3) is 15.9 Å². The van der Waals surface area contributed by atoms with Crippen LogP contribution in [0.1, 0.15) is 29.8 Å². The highest BCUT2D eigenvalue weighted by Gasteiger charge is 2.38. The number of rotatable bonds is 7. The molecule has 2 aromatic rings. The molecule has 0 unspecified atom stereocenters. The highest BCUT2D eigenvalue weighted by molar-refractivity contribution is 7.92. The largest absolute Gasteiger partial charge is 0.490 e. The number of halogens is 3. The molecule has 37 heavy (non-hydrogen) atoms. The van der Waals surface area contributed by atoms with E-state index < -0.39 is 22.2 Å². The SMILES string of the molecule is CNC(=O)c1cc(NS(=O)(=O)c2ccc(CC(C)C)cc2)cnc1N1CCNCC1.O=C(O)C(F)(F)F. The number of hydrogen-bond donors (Lipinski definition) is 4. The van der Waals surface area contributed by atoms with E-state index in [2.05, 4.69) is 34.2 Å². The highest BCUT2D eigenvalue weighted by atomic mass is 32.2. The van der Waals surface area contributed by atoms with Crippen LogP contribution in [0.4, 0.5) is 24.7 Å². The first-order valence-electron chi connectivity index (χ1n) is 11.3. The molecule has 0 atom stereocenters. The van der Waals surface area contributed by atoms with E-state index in [9.17, 15) is 26.4 Å². The molecule has 1 amide bonds. The summed E-state index contributed by atoms with van der Waals surface area (Å²) >= 11 is 0. The third kappa shape index (κ3) is 8.89. The average molecular weight is 546 g/mol. The van der Waals surface area contributed by atoms with Gasteiger partial charge in [0, 0.05) is 33.2 Å². The molecule has 4 N–H and O–H groups in total. The maximum Gasteiger partial charge on any atom is 0.490 e. The van der Waals surface area contributed by atoms with Gasteiger partial charge in [-0.15, -0.1) is 0 Å². The summed E-state index contributed by atoms with van der Waals surface area (Å²) < 4.78 is 59.9. The Morgan fingerprint density at radius 3 is 2.22 bits per heavy atom. The number of amides is 1. The molecule has 204 valence electrons. The quantitative estimate of drug-likeness (QED) is 0.416. The van der Waals surface area contributed by atoms with Gasteiger partial charge in [-0.25, -0.2) is 18.2 Å². The summed E-state index contributed by atoms with van der Waals surface area (Å²) in [6.45, 7) is 7.29. The number of sulfonamides is 1. The summed E-state index contributed by atoms with van der Waals surface area (Å²) in [4.78, 5) is 27.9. The minimum absolute atomic E-state index is 0.169. The third-order valence-electron chi connectivity index (χ3n) is 5.13. The van der Waals surface area contributed by atoms with Gasteiger partial charge in [-0.05, 0) is 36.1 Å². The molecule has 1 aromatic heterocycles. The number of anilines is 2. The van der Waals surface area contributed by atoms with Crippen molar-refractivity contribution in [3.05, 3.63) is 47.7 Å². The molecule has 0 saturated carbocycles. The number of aliphatic carboxylic acids is 1. The van der Waals surface area contributed by atoms with Crippen molar-refractivity contribution < 1.29 is 36.3 Å². The Bertz CT molecular complexity index is 1180. The zero-order valence-electron chi connectivity index (χ0n) is 20.6. The first-order valence-corrected chi connectivity index (χ1v) is 12.8. The molecule has 10 nitrogen and oxygen atoms in total. The molecular weight excluding hydrogens is 515 g/mol. The number of carbonyl (C=O) groups excluding carboxylic acids is 1. The minimum atomic E-state index is -5.08. The smallest absolute Gasteiger partial charge is 0.475 e. The van der Waals surface area contributed by atoms with Gasteiger partial charge in [-0.1, -0.05) is 26.0 Å². The van der Waals surface area contributed by atoms with E-state index in [1.807, 2.05) is 17.0 Å². The molecule has 0 aliphatic carbocycles. The van der Waals surface area contributed by atoms with Crippen LogP contribution in [-0.2, 0) is 21.2 Å². The summed E-state index contributed by atoms with van der Waals surface area (Å²) in [5, 5.41) is 13.0. The van der Waals surface area contributed by atoms with Crippen molar-refractivity contribution in [1.82, 2.24) is 15.6 Å². The van der Waals surface area contributed by atoms with Crippen molar-refractivity contribution in [1.29, 1.82) is 0 Å². The van der Waals surface area contributed by atoms with Crippen molar-refractivity contribution in [3.63, 3.8) is 0 Å². The van der Waals surface area contributed by atoms with Gasteiger partial charge in [0.2, 0.25) is 0 Å². The Morgan fingerprint density at radius 2 is 1.73 bits per heavy atom. The molecule has 1 aliphatic heterocycles. The number of carbonyl (C=O) groups is 2. The van der Waals surface area contributed by atoms with Gasteiger partial charge < -0.3 is 20.6 Å². The number of nitrogens with zero attached hydrogens (tertiary/aromatic N) is 2. The predicted octanol–water partition coefficient (Wildman–Crippen LogP) is 2.48. The van der Waals surface area contributed by atoms with Crippen molar-refractivity contribution in [2.75, 3.05) is 42.8 Å². The van der Waals surface area contributed by atoms with E-state index >= 15 is 0 Å². The number of alkyl halides is 3. The van der Waals surface area contributed by atoms with Crippen molar-refractivity contribution in [2.24, 2.45) is 5.92 Å². The molecule has 0 radical (unpaired) electrons. The molecule has 14 heteroatoms. The van der Waals surface area contributed by atoms with E-state index in [-0.39, 0.29) is 16.5 Å². The van der Waals surface area contributed by atoms with Crippen molar-refractivity contribution in [3.8, 4) is 0 Å². The van der Waals surface area contributed by atoms with Crippen LogP contribution in [0.2, 0.25) is 0 Å². The minimum Gasteiger partial charge on any atom is -0.475 e. The number of benzene rings is 1. The second-order valence-electron chi connectivity index (χ2n) is 8.56. The van der Waals surface area contributed by atoms with Crippen LogP contribution >= 0.6 is 0 Å². The Morgan fingerprint density at radius 1 is 1.16 bits per heavy atom. The van der Waals surface area contributed by atoms with E-state index in [4.69, 9.17) is 9.90 Å². The van der Waals surface area contributed by atoms with Gasteiger partial charge in [-0.3, -0.25) is 9.52 Å². The maximum absolute atomic E-state index is 12.8. The summed E-state index contributed by atoms with van der Waals surface area (Å²) in [6.07, 6.45) is -2.74. The van der Waals surface area contributed by atoms with Crippen LogP contribution in [-0.4, -0.2) is 69.8 Å². The molecule has 2 heterocycles. The number of nitrogens with one attached hydrogen (secondary N) is 3. The van der Waals surface area contributed by atoms with Crippen molar-refractivity contribution >= 4 is 33.4 Å². The summed E-state index contributed by atoms with van der Waals surface area (Å²) in [6, 6.07) is 8.39. The van der Waals surface area contributed by atoms with Crippen LogP contribution in [0.15, 0.2) is 41.4 Å². The molecule has 0 spiro atoms. The first kappa shape index (κ1) is 29.8. The average Bonchev–Trinajstić information content (AvgIpc) is 2.83. The molecule has 0 bridgehead atoms. The van der Waals surface area contributed by atoms with E-state index in [0.717, 1.165) is 38.2 Å². The second-order valence-corrected chi connectivity index (χ2v) is 10.2. The monoisotopic (exact) mass is 545 g/mol. The fourth-order valence-electron chi connectivity index (χ4n) is 3.43. The van der Waals surface area contributed by atoms with Gasteiger partial charge >= 0.3 is 12.1 Å². The molecule has 1 saturated heterocycles. The zero-order valence-corrected chi connectivity index (χ0v) is 21.4. The van der Waals surface area contributed by atoms with Gasteiger partial charge in [0.1, 0.15) is 5.82 Å². The third-order valence-corrected chi connectivity index (χ3v) is 6.52. The number of aromatic nitrogens is 1. The first-order chi connectivity index (χ1) is 17.2. The molecule has 1 fully saturated rings. The van der Waals surface area contributed by atoms with Gasteiger partial charge in [0.15, 0.2) is 0 Å². The lowest BCUT2D eigenvalue weighted by Gasteiger charge is -2.29. The standard InChI is InChI=1S/C21H29N5O3S.C2HF3O2/c1-15(2)12-16-4-6-18(7-5-16)30(28,29)25-17-13-19(21(27)22-3)20(24-14-17)26-10-8-23-9-11-26;3-2(4,5)1(6)7/h4-7,13-15,23,25H,8-12H2,1-3H3,(H,22,27);(H,6,7). The lowest BCUT2D eigenvalue weighted by Crippen LogP contribution is -2.44. The summed E-state index contributed by atoms with van der Waals surface area (Å²) in [7, 11) is -2.25. The lowest BCUT2D eigenvalue weighted by molar-refractivity contribution is -0.192. The van der Waals surface area contributed by atoms with E-state index in [1.165, 1.54) is 12.3 Å². The fraction of sp³-hybridized carbons (Fsp3) is 0.435. The summed E-state index contributed by atoms with van der Waals surface area (Å²) in [5.41, 5.74) is 1.68. The van der Waals surface area contributed by atoms with Gasteiger partial charge in [0.05, 0.1) is 22.3 Å². The lowest BCUT2D eigenvalue weighted by atomic mass is 10.0. The topological polar surface area (TPSA) is 141 Å². The predicted molar refractivity (Wildman–Crippen MR) is 132 cm³/mol. The maximum atomic E-state index is 12.8.